The monoisotopic (exact) mass is 289 g/mol. The predicted molar refractivity (Wildman–Crippen MR) is 72.4 cm³/mol. The molecule has 1 saturated heterocycles. The van der Waals surface area contributed by atoms with E-state index in [2.05, 4.69) is 5.32 Å². The molecule has 1 saturated carbocycles. The molecule has 0 aromatic rings. The molecule has 0 aromatic heterocycles. The fourth-order valence-corrected chi connectivity index (χ4v) is 4.95. The van der Waals surface area contributed by atoms with Crippen LogP contribution in [0.4, 0.5) is 0 Å². The fourth-order valence-electron chi connectivity index (χ4n) is 3.14. The first-order valence-electron chi connectivity index (χ1n) is 7.17. The van der Waals surface area contributed by atoms with Crippen molar-refractivity contribution in [1.82, 2.24) is 5.32 Å². The van der Waals surface area contributed by atoms with Gasteiger partial charge in [0.15, 0.2) is 9.84 Å². The van der Waals surface area contributed by atoms with Gasteiger partial charge in [-0.05, 0) is 25.7 Å². The first kappa shape index (κ1) is 14.8. The highest BCUT2D eigenvalue weighted by atomic mass is 32.2. The smallest absolute Gasteiger partial charge is 0.238 e. The van der Waals surface area contributed by atoms with Crippen LogP contribution in [0.3, 0.4) is 0 Å². The molecule has 0 aromatic carbocycles. The summed E-state index contributed by atoms with van der Waals surface area (Å²) < 4.78 is 23.8. The highest BCUT2D eigenvalue weighted by molar-refractivity contribution is 7.92. The summed E-state index contributed by atoms with van der Waals surface area (Å²) in [6.45, 7) is 0.0579. The van der Waals surface area contributed by atoms with Crippen LogP contribution in [0.1, 0.15) is 44.9 Å². The zero-order chi connectivity index (χ0) is 13.9. The third-order valence-electron chi connectivity index (χ3n) is 4.34. The van der Waals surface area contributed by atoms with Crippen LogP contribution in [0, 0.1) is 5.92 Å². The molecule has 1 aliphatic carbocycles. The van der Waals surface area contributed by atoms with Gasteiger partial charge in [0, 0.05) is 18.6 Å². The number of carbonyl (C=O) groups excluding carboxylic acids is 1. The minimum Gasteiger partial charge on any atom is -0.396 e. The Balaban J connectivity index is 1.99. The number of sulfone groups is 1. The van der Waals surface area contributed by atoms with Gasteiger partial charge in [0.25, 0.3) is 0 Å². The van der Waals surface area contributed by atoms with Crippen LogP contribution < -0.4 is 5.32 Å². The quantitative estimate of drug-likeness (QED) is 0.798. The average molecular weight is 289 g/mol. The molecule has 0 spiro atoms. The van der Waals surface area contributed by atoms with Crippen LogP contribution in [-0.4, -0.2) is 43.1 Å². The largest absolute Gasteiger partial charge is 0.396 e. The summed E-state index contributed by atoms with van der Waals surface area (Å²) in [5.74, 6) is -0.159. The van der Waals surface area contributed by atoms with E-state index in [1.54, 1.807) is 0 Å². The van der Waals surface area contributed by atoms with Crippen molar-refractivity contribution >= 4 is 15.7 Å². The summed E-state index contributed by atoms with van der Waals surface area (Å²) in [7, 11) is -3.27. The van der Waals surface area contributed by atoms with Crippen molar-refractivity contribution in [3.63, 3.8) is 0 Å². The van der Waals surface area contributed by atoms with E-state index >= 15 is 0 Å². The van der Waals surface area contributed by atoms with Crippen molar-refractivity contribution in [3.8, 4) is 0 Å². The molecule has 0 radical (unpaired) electrons. The molecule has 2 aliphatic rings. The van der Waals surface area contributed by atoms with Gasteiger partial charge < -0.3 is 10.4 Å². The highest BCUT2D eigenvalue weighted by Crippen LogP contribution is 2.25. The fraction of sp³-hybridized carbons (Fsp3) is 0.923. The second-order valence-corrected chi connectivity index (χ2v) is 8.00. The van der Waals surface area contributed by atoms with Gasteiger partial charge in [0.2, 0.25) is 5.91 Å². The van der Waals surface area contributed by atoms with Gasteiger partial charge in [-0.15, -0.1) is 0 Å². The van der Waals surface area contributed by atoms with Crippen molar-refractivity contribution in [3.05, 3.63) is 0 Å². The molecule has 5 nitrogen and oxygen atoms in total. The normalized spacial score (nSPS) is 34.7. The Bertz CT molecular complexity index is 420. The number of nitrogens with one attached hydrogen (secondary N) is 1. The lowest BCUT2D eigenvalue weighted by Crippen LogP contribution is -2.50. The van der Waals surface area contributed by atoms with Gasteiger partial charge in [-0.1, -0.05) is 19.3 Å². The van der Waals surface area contributed by atoms with Crippen molar-refractivity contribution in [1.29, 1.82) is 0 Å². The SMILES string of the molecule is O=C(NC1CCCCC1CO)C1CCCCS1(=O)=O. The number of aliphatic hydroxyl groups is 1. The van der Waals surface area contributed by atoms with Gasteiger partial charge >= 0.3 is 0 Å². The summed E-state index contributed by atoms with van der Waals surface area (Å²) in [4.78, 5) is 12.2. The molecule has 110 valence electrons. The molecule has 1 aliphatic heterocycles. The van der Waals surface area contributed by atoms with Crippen molar-refractivity contribution in [2.75, 3.05) is 12.4 Å². The number of carbonyl (C=O) groups is 1. The number of rotatable bonds is 3. The molecule has 0 bridgehead atoms. The Labute approximate surface area is 114 Å². The Kier molecular flexibility index (Phi) is 4.84. The number of hydrogen-bond acceptors (Lipinski definition) is 4. The van der Waals surface area contributed by atoms with Gasteiger partial charge in [0.05, 0.1) is 5.75 Å². The van der Waals surface area contributed by atoms with Crippen molar-refractivity contribution in [2.24, 2.45) is 5.92 Å². The van der Waals surface area contributed by atoms with E-state index in [4.69, 9.17) is 0 Å². The molecular weight excluding hydrogens is 266 g/mol. The Morgan fingerprint density at radius 1 is 1.11 bits per heavy atom. The van der Waals surface area contributed by atoms with Crippen LogP contribution in [0.2, 0.25) is 0 Å². The summed E-state index contributed by atoms with van der Waals surface area (Å²) >= 11 is 0. The zero-order valence-electron chi connectivity index (χ0n) is 11.2. The van der Waals surface area contributed by atoms with E-state index in [-0.39, 0.29) is 30.2 Å². The van der Waals surface area contributed by atoms with Crippen LogP contribution >= 0.6 is 0 Å². The number of aliphatic hydroxyl groups excluding tert-OH is 1. The number of amides is 1. The van der Waals surface area contributed by atoms with E-state index in [9.17, 15) is 18.3 Å². The number of hydrogen-bond donors (Lipinski definition) is 2. The summed E-state index contributed by atoms with van der Waals surface area (Å²) in [6, 6.07) is -0.0663. The lowest BCUT2D eigenvalue weighted by molar-refractivity contribution is -0.122. The minimum absolute atomic E-state index is 0.0579. The standard InChI is InChI=1S/C13H23NO4S/c15-9-10-5-1-2-6-11(10)14-13(16)12-7-3-4-8-19(12,17)18/h10-12,15H,1-9H2,(H,14,16). The highest BCUT2D eigenvalue weighted by Gasteiger charge is 2.36. The second kappa shape index (κ2) is 6.22. The van der Waals surface area contributed by atoms with E-state index < -0.39 is 15.1 Å². The van der Waals surface area contributed by atoms with E-state index in [1.165, 1.54) is 0 Å². The van der Waals surface area contributed by atoms with E-state index in [1.807, 2.05) is 0 Å². The topological polar surface area (TPSA) is 83.5 Å². The second-order valence-electron chi connectivity index (χ2n) is 5.69. The van der Waals surface area contributed by atoms with Gasteiger partial charge in [0.1, 0.15) is 5.25 Å². The maximum Gasteiger partial charge on any atom is 0.238 e. The molecular formula is C13H23NO4S. The summed E-state index contributed by atoms with van der Waals surface area (Å²) in [5.41, 5.74) is 0. The molecule has 1 heterocycles. The van der Waals surface area contributed by atoms with Gasteiger partial charge in [-0.2, -0.15) is 0 Å². The maximum atomic E-state index is 12.2. The third-order valence-corrected chi connectivity index (χ3v) is 6.52. The average Bonchev–Trinajstić information content (AvgIpc) is 2.38. The first-order chi connectivity index (χ1) is 9.04. The van der Waals surface area contributed by atoms with Crippen molar-refractivity contribution in [2.45, 2.75) is 56.2 Å². The minimum atomic E-state index is -3.27. The lowest BCUT2D eigenvalue weighted by atomic mass is 9.85. The lowest BCUT2D eigenvalue weighted by Gasteiger charge is -2.32. The predicted octanol–water partition coefficient (Wildman–Crippen LogP) is 0.621. The van der Waals surface area contributed by atoms with Crippen LogP contribution in [0.5, 0.6) is 0 Å². The molecule has 6 heteroatoms. The third kappa shape index (κ3) is 3.48. The molecule has 2 N–H and O–H groups in total. The maximum absolute atomic E-state index is 12.2. The molecule has 2 rings (SSSR count). The molecule has 2 fully saturated rings. The van der Waals surface area contributed by atoms with Crippen molar-refractivity contribution < 1.29 is 18.3 Å². The molecule has 1 amide bonds. The van der Waals surface area contributed by atoms with Gasteiger partial charge in [-0.3, -0.25) is 4.79 Å². The molecule has 3 unspecified atom stereocenters. The van der Waals surface area contributed by atoms with Crippen LogP contribution in [0.25, 0.3) is 0 Å². The Morgan fingerprint density at radius 2 is 1.79 bits per heavy atom. The zero-order valence-corrected chi connectivity index (χ0v) is 12.0. The Morgan fingerprint density at radius 3 is 2.47 bits per heavy atom. The first-order valence-corrected chi connectivity index (χ1v) is 8.89. The summed E-state index contributed by atoms with van der Waals surface area (Å²) in [5, 5.41) is 11.3. The van der Waals surface area contributed by atoms with Crippen LogP contribution in [-0.2, 0) is 14.6 Å². The van der Waals surface area contributed by atoms with E-state index in [0.717, 1.165) is 32.1 Å². The van der Waals surface area contributed by atoms with Gasteiger partial charge in [-0.25, -0.2) is 8.42 Å². The molecule has 3 atom stereocenters. The molecule has 19 heavy (non-hydrogen) atoms. The van der Waals surface area contributed by atoms with E-state index in [0.29, 0.717) is 12.8 Å². The summed E-state index contributed by atoms with van der Waals surface area (Å²) in [6.07, 6.45) is 5.73. The van der Waals surface area contributed by atoms with Crippen LogP contribution in [0.15, 0.2) is 0 Å². The Hall–Kier alpha value is -0.620.